The molecule has 94 valence electrons. The van der Waals surface area contributed by atoms with Gasteiger partial charge in [0.15, 0.2) is 0 Å². The van der Waals surface area contributed by atoms with E-state index in [4.69, 9.17) is 10.5 Å². The molecule has 3 N–H and O–H groups in total. The largest absolute Gasteiger partial charge is 0.508 e. The second-order valence-electron chi connectivity index (χ2n) is 4.37. The Balaban J connectivity index is 1.92. The average molecular weight is 236 g/mol. The summed E-state index contributed by atoms with van der Waals surface area (Å²) in [5.74, 6) is 0.371. The van der Waals surface area contributed by atoms with Crippen LogP contribution in [0, 0.1) is 0 Å². The van der Waals surface area contributed by atoms with Crippen LogP contribution in [0.25, 0.3) is 0 Å². The highest BCUT2D eigenvalue weighted by molar-refractivity contribution is 5.36. The van der Waals surface area contributed by atoms with Crippen molar-refractivity contribution in [2.45, 2.75) is 13.0 Å². The lowest BCUT2D eigenvalue weighted by Gasteiger charge is -2.26. The molecular weight excluding hydrogens is 216 g/mol. The quantitative estimate of drug-likeness (QED) is 0.809. The van der Waals surface area contributed by atoms with E-state index in [1.54, 1.807) is 6.07 Å². The van der Waals surface area contributed by atoms with Gasteiger partial charge in [0.2, 0.25) is 0 Å². The van der Waals surface area contributed by atoms with E-state index >= 15 is 0 Å². The van der Waals surface area contributed by atoms with Crippen LogP contribution < -0.4 is 5.73 Å². The highest BCUT2D eigenvalue weighted by atomic mass is 16.5. The predicted octanol–water partition coefficient (Wildman–Crippen LogP) is 0.726. The number of nitrogens with zero attached hydrogens (tertiary/aromatic N) is 1. The zero-order valence-electron chi connectivity index (χ0n) is 10.1. The topological polar surface area (TPSA) is 58.7 Å². The van der Waals surface area contributed by atoms with Gasteiger partial charge in [-0.1, -0.05) is 12.1 Å². The minimum absolute atomic E-state index is 0.371. The van der Waals surface area contributed by atoms with E-state index in [1.165, 1.54) is 0 Å². The van der Waals surface area contributed by atoms with Crippen molar-refractivity contribution < 1.29 is 9.84 Å². The molecule has 0 bridgehead atoms. The standard InChI is InChI=1S/C13H20N2O2/c14-10-11-1-2-13(16)12(9-11)3-4-15-5-7-17-8-6-15/h1-2,9,16H,3-8,10,14H2. The Morgan fingerprint density at radius 3 is 2.76 bits per heavy atom. The molecule has 1 saturated heterocycles. The van der Waals surface area contributed by atoms with E-state index in [1.807, 2.05) is 12.1 Å². The lowest BCUT2D eigenvalue weighted by molar-refractivity contribution is 0.0384. The number of rotatable bonds is 4. The summed E-state index contributed by atoms with van der Waals surface area (Å²) < 4.78 is 5.30. The number of phenolic OH excluding ortho intramolecular Hbond substituents is 1. The van der Waals surface area contributed by atoms with Crippen LogP contribution in [0.1, 0.15) is 11.1 Å². The number of benzene rings is 1. The van der Waals surface area contributed by atoms with Crippen LogP contribution in [0.3, 0.4) is 0 Å². The van der Waals surface area contributed by atoms with E-state index in [9.17, 15) is 5.11 Å². The van der Waals surface area contributed by atoms with Gasteiger partial charge in [0.05, 0.1) is 13.2 Å². The molecule has 1 aromatic carbocycles. The monoisotopic (exact) mass is 236 g/mol. The summed E-state index contributed by atoms with van der Waals surface area (Å²) in [4.78, 5) is 2.36. The molecule has 2 rings (SSSR count). The van der Waals surface area contributed by atoms with E-state index in [0.29, 0.717) is 12.3 Å². The van der Waals surface area contributed by atoms with Crippen LogP contribution in [0.2, 0.25) is 0 Å². The lowest BCUT2D eigenvalue weighted by atomic mass is 10.1. The summed E-state index contributed by atoms with van der Waals surface area (Å²) in [6.45, 7) is 5.08. The number of nitrogens with two attached hydrogens (primary N) is 1. The molecule has 0 amide bonds. The molecular formula is C13H20N2O2. The van der Waals surface area contributed by atoms with E-state index in [-0.39, 0.29) is 0 Å². The van der Waals surface area contributed by atoms with Gasteiger partial charge in [0, 0.05) is 26.2 Å². The Labute approximate surface area is 102 Å². The fraction of sp³-hybridized carbons (Fsp3) is 0.538. The first-order chi connectivity index (χ1) is 8.29. The van der Waals surface area contributed by atoms with Crippen molar-refractivity contribution in [1.82, 2.24) is 4.90 Å². The average Bonchev–Trinajstić information content (AvgIpc) is 2.39. The first-order valence-electron chi connectivity index (χ1n) is 6.10. The van der Waals surface area contributed by atoms with Crippen molar-refractivity contribution >= 4 is 0 Å². The molecule has 0 atom stereocenters. The second-order valence-corrected chi connectivity index (χ2v) is 4.37. The molecule has 0 aliphatic carbocycles. The third kappa shape index (κ3) is 3.43. The van der Waals surface area contributed by atoms with Crippen LogP contribution in [-0.2, 0) is 17.7 Å². The van der Waals surface area contributed by atoms with Gasteiger partial charge in [-0.15, -0.1) is 0 Å². The van der Waals surface area contributed by atoms with Crippen LogP contribution in [0.15, 0.2) is 18.2 Å². The Morgan fingerprint density at radius 2 is 2.06 bits per heavy atom. The molecule has 4 nitrogen and oxygen atoms in total. The Kier molecular flexibility index (Phi) is 4.36. The first-order valence-corrected chi connectivity index (χ1v) is 6.10. The lowest BCUT2D eigenvalue weighted by Crippen LogP contribution is -2.37. The minimum atomic E-state index is 0.371. The number of hydrogen-bond donors (Lipinski definition) is 2. The fourth-order valence-electron chi connectivity index (χ4n) is 2.07. The highest BCUT2D eigenvalue weighted by Crippen LogP contribution is 2.19. The SMILES string of the molecule is NCc1ccc(O)c(CCN2CCOCC2)c1. The van der Waals surface area contributed by atoms with Gasteiger partial charge in [-0.05, 0) is 23.6 Å². The summed E-state index contributed by atoms with van der Waals surface area (Å²) >= 11 is 0. The van der Waals surface area contributed by atoms with E-state index < -0.39 is 0 Å². The molecule has 17 heavy (non-hydrogen) atoms. The predicted molar refractivity (Wildman–Crippen MR) is 67.0 cm³/mol. The molecule has 1 aromatic rings. The van der Waals surface area contributed by atoms with Crippen LogP contribution in [0.5, 0.6) is 5.75 Å². The Bertz CT molecular complexity index is 362. The van der Waals surface area contributed by atoms with Crippen molar-refractivity contribution in [3.63, 3.8) is 0 Å². The van der Waals surface area contributed by atoms with Gasteiger partial charge in [0.25, 0.3) is 0 Å². The van der Waals surface area contributed by atoms with Crippen molar-refractivity contribution in [2.75, 3.05) is 32.8 Å². The van der Waals surface area contributed by atoms with E-state index in [2.05, 4.69) is 4.90 Å². The molecule has 0 aromatic heterocycles. The molecule has 1 fully saturated rings. The molecule has 1 heterocycles. The molecule has 1 aliphatic rings. The number of ether oxygens (including phenoxy) is 1. The number of aromatic hydroxyl groups is 1. The fourth-order valence-corrected chi connectivity index (χ4v) is 2.07. The third-order valence-corrected chi connectivity index (χ3v) is 3.18. The zero-order valence-corrected chi connectivity index (χ0v) is 10.1. The summed E-state index contributed by atoms with van der Waals surface area (Å²) in [6, 6.07) is 5.60. The van der Waals surface area contributed by atoms with Gasteiger partial charge < -0.3 is 15.6 Å². The summed E-state index contributed by atoms with van der Waals surface area (Å²) in [7, 11) is 0. The number of morpholine rings is 1. The van der Waals surface area contributed by atoms with Gasteiger partial charge >= 0.3 is 0 Å². The smallest absolute Gasteiger partial charge is 0.118 e. The molecule has 0 radical (unpaired) electrons. The van der Waals surface area contributed by atoms with Crippen LogP contribution in [-0.4, -0.2) is 42.9 Å². The van der Waals surface area contributed by atoms with Crippen molar-refractivity contribution in [3.8, 4) is 5.75 Å². The van der Waals surface area contributed by atoms with Gasteiger partial charge in [-0.3, -0.25) is 4.90 Å². The van der Waals surface area contributed by atoms with Crippen molar-refractivity contribution in [2.24, 2.45) is 5.73 Å². The minimum Gasteiger partial charge on any atom is -0.508 e. The Hall–Kier alpha value is -1.10. The van der Waals surface area contributed by atoms with Crippen LogP contribution in [0.4, 0.5) is 0 Å². The summed E-state index contributed by atoms with van der Waals surface area (Å²) in [6.07, 6.45) is 0.861. The van der Waals surface area contributed by atoms with Gasteiger partial charge in [-0.25, -0.2) is 0 Å². The number of phenols is 1. The molecule has 0 unspecified atom stereocenters. The maximum atomic E-state index is 9.78. The first kappa shape index (κ1) is 12.4. The second kappa shape index (κ2) is 6.00. The summed E-state index contributed by atoms with van der Waals surface area (Å²) in [5.41, 5.74) is 7.65. The molecule has 1 aliphatic heterocycles. The van der Waals surface area contributed by atoms with Crippen molar-refractivity contribution in [3.05, 3.63) is 29.3 Å². The number of hydrogen-bond acceptors (Lipinski definition) is 4. The molecule has 4 heteroatoms. The maximum Gasteiger partial charge on any atom is 0.118 e. The van der Waals surface area contributed by atoms with Crippen LogP contribution >= 0.6 is 0 Å². The summed E-state index contributed by atoms with van der Waals surface area (Å²) in [5, 5.41) is 9.78. The zero-order chi connectivity index (χ0) is 12.1. The normalized spacial score (nSPS) is 17.2. The van der Waals surface area contributed by atoms with Crippen molar-refractivity contribution in [1.29, 1.82) is 0 Å². The molecule has 0 saturated carbocycles. The van der Waals surface area contributed by atoms with E-state index in [0.717, 1.165) is 50.4 Å². The van der Waals surface area contributed by atoms with Gasteiger partial charge in [-0.2, -0.15) is 0 Å². The highest BCUT2D eigenvalue weighted by Gasteiger charge is 2.11. The Morgan fingerprint density at radius 1 is 1.29 bits per heavy atom. The molecule has 0 spiro atoms. The van der Waals surface area contributed by atoms with Gasteiger partial charge in [0.1, 0.15) is 5.75 Å². The maximum absolute atomic E-state index is 9.78. The third-order valence-electron chi connectivity index (χ3n) is 3.18.